The molecule has 0 unspecified atom stereocenters. The third-order valence-corrected chi connectivity index (χ3v) is 7.54. The monoisotopic (exact) mass is 499 g/mol. The summed E-state index contributed by atoms with van der Waals surface area (Å²) in [5.74, 6) is 0.590. The number of nitrogens with one attached hydrogen (secondary N) is 1. The van der Waals surface area contributed by atoms with Gasteiger partial charge in [-0.05, 0) is 42.8 Å². The molecule has 0 aliphatic carbocycles. The van der Waals surface area contributed by atoms with Gasteiger partial charge in [0, 0.05) is 17.7 Å². The second kappa shape index (κ2) is 9.47. The molecule has 178 valence electrons. The Morgan fingerprint density at radius 2 is 1.68 bits per heavy atom. The van der Waals surface area contributed by atoms with E-state index in [-0.39, 0.29) is 4.90 Å². The Morgan fingerprint density at radius 3 is 2.38 bits per heavy atom. The zero-order chi connectivity index (χ0) is 24.3. The van der Waals surface area contributed by atoms with E-state index in [1.54, 1.807) is 48.5 Å². The first-order valence-electron chi connectivity index (χ1n) is 10.7. The van der Waals surface area contributed by atoms with Crippen molar-refractivity contribution in [1.29, 1.82) is 0 Å². The molecular weight excluding hydrogens is 474 g/mol. The maximum Gasteiger partial charge on any atom is 0.279 e. The van der Waals surface area contributed by atoms with Crippen molar-refractivity contribution in [1.82, 2.24) is 4.41 Å². The summed E-state index contributed by atoms with van der Waals surface area (Å²) in [4.78, 5) is 0.131. The van der Waals surface area contributed by atoms with Crippen LogP contribution in [0.25, 0.3) is 0 Å². The Bertz CT molecular complexity index is 1420. The first kappa shape index (κ1) is 23.8. The molecule has 8 nitrogen and oxygen atoms in total. The number of ether oxygens (including phenoxy) is 1. The number of hydrazone groups is 1. The van der Waals surface area contributed by atoms with Crippen molar-refractivity contribution < 1.29 is 21.6 Å². The van der Waals surface area contributed by atoms with Gasteiger partial charge in [-0.2, -0.15) is 17.9 Å². The maximum atomic E-state index is 13.6. The Labute approximate surface area is 200 Å². The summed E-state index contributed by atoms with van der Waals surface area (Å²) in [6.45, 7) is 2.30. The molecule has 10 heteroatoms. The van der Waals surface area contributed by atoms with E-state index >= 15 is 0 Å². The zero-order valence-electron chi connectivity index (χ0n) is 18.7. The molecule has 1 heterocycles. The molecule has 3 aromatic rings. The van der Waals surface area contributed by atoms with Crippen LogP contribution >= 0.6 is 0 Å². The molecule has 4 rings (SSSR count). The molecule has 0 saturated carbocycles. The fourth-order valence-corrected chi connectivity index (χ4v) is 5.84. The normalized spacial score (nSPS) is 16.2. The van der Waals surface area contributed by atoms with Gasteiger partial charge in [0.2, 0.25) is 10.0 Å². The van der Waals surface area contributed by atoms with Gasteiger partial charge in [0.1, 0.15) is 5.75 Å². The van der Waals surface area contributed by atoms with Crippen LogP contribution in [0.3, 0.4) is 0 Å². The lowest BCUT2D eigenvalue weighted by molar-refractivity contribution is 0.316. The highest BCUT2D eigenvalue weighted by molar-refractivity contribution is 7.92. The topological polar surface area (TPSA) is 105 Å². The second-order valence-corrected chi connectivity index (χ2v) is 11.3. The predicted octanol–water partition coefficient (Wildman–Crippen LogP) is 4.00. The average Bonchev–Trinajstić information content (AvgIpc) is 3.26. The van der Waals surface area contributed by atoms with Crippen LogP contribution in [0.2, 0.25) is 0 Å². The fourth-order valence-electron chi connectivity index (χ4n) is 3.84. The van der Waals surface area contributed by atoms with Crippen LogP contribution in [-0.2, 0) is 20.0 Å². The van der Waals surface area contributed by atoms with Crippen molar-refractivity contribution in [2.45, 2.75) is 24.3 Å². The summed E-state index contributed by atoms with van der Waals surface area (Å²) in [6, 6.07) is 21.6. The van der Waals surface area contributed by atoms with Gasteiger partial charge in [0.15, 0.2) is 0 Å². The van der Waals surface area contributed by atoms with E-state index in [2.05, 4.69) is 9.82 Å². The van der Waals surface area contributed by atoms with Crippen LogP contribution in [0.5, 0.6) is 5.75 Å². The van der Waals surface area contributed by atoms with E-state index in [1.165, 1.54) is 12.1 Å². The number of sulfonamides is 2. The minimum absolute atomic E-state index is 0.131. The SMILES string of the molecule is CCOc1ccccc1[C@@H]1CC(c2cccc(NS(C)(=O)=O)c2)=NN1S(=O)(=O)c1ccccc1. The number of para-hydroxylation sites is 1. The van der Waals surface area contributed by atoms with E-state index in [9.17, 15) is 16.8 Å². The molecule has 0 fully saturated rings. The van der Waals surface area contributed by atoms with E-state index in [4.69, 9.17) is 4.74 Å². The van der Waals surface area contributed by atoms with E-state index < -0.39 is 26.1 Å². The molecule has 0 amide bonds. The Morgan fingerprint density at radius 1 is 0.971 bits per heavy atom. The Kier molecular flexibility index (Phi) is 6.63. The van der Waals surface area contributed by atoms with Crippen LogP contribution in [0.4, 0.5) is 5.69 Å². The Balaban J connectivity index is 1.81. The number of hydrogen-bond donors (Lipinski definition) is 1. The molecule has 1 aliphatic heterocycles. The maximum absolute atomic E-state index is 13.6. The summed E-state index contributed by atoms with van der Waals surface area (Å²) in [5.41, 5.74) is 2.22. The lowest BCUT2D eigenvalue weighted by Gasteiger charge is -2.25. The van der Waals surface area contributed by atoms with E-state index in [0.29, 0.717) is 41.3 Å². The van der Waals surface area contributed by atoms with E-state index in [0.717, 1.165) is 10.7 Å². The molecule has 0 saturated heterocycles. The van der Waals surface area contributed by atoms with Gasteiger partial charge in [0.25, 0.3) is 10.0 Å². The quantitative estimate of drug-likeness (QED) is 0.504. The van der Waals surface area contributed by atoms with Crippen LogP contribution in [-0.4, -0.2) is 39.8 Å². The molecule has 3 aromatic carbocycles. The molecular formula is C24H25N3O5S2. The largest absolute Gasteiger partial charge is 0.494 e. The molecule has 0 bridgehead atoms. The van der Waals surface area contributed by atoms with Gasteiger partial charge >= 0.3 is 0 Å². The molecule has 1 aliphatic rings. The summed E-state index contributed by atoms with van der Waals surface area (Å²) in [6.07, 6.45) is 1.36. The molecule has 34 heavy (non-hydrogen) atoms. The molecule has 0 spiro atoms. The van der Waals surface area contributed by atoms with Gasteiger partial charge in [-0.15, -0.1) is 0 Å². The van der Waals surface area contributed by atoms with Crippen molar-refractivity contribution in [3.63, 3.8) is 0 Å². The minimum atomic E-state index is -3.97. The third kappa shape index (κ3) is 5.07. The standard InChI is InChI=1S/C24H25N3O5S2/c1-3-32-24-15-8-7-14-21(24)23-17-22(18-10-9-11-19(16-18)26-33(2,28)29)25-27(23)34(30,31)20-12-5-4-6-13-20/h4-16,23,26H,3,17H2,1-2H3/t23-/m0/s1. The van der Waals surface area contributed by atoms with Crippen LogP contribution in [0.15, 0.2) is 88.9 Å². The van der Waals surface area contributed by atoms with Gasteiger partial charge in [-0.25, -0.2) is 8.42 Å². The van der Waals surface area contributed by atoms with Crippen molar-refractivity contribution in [3.05, 3.63) is 90.0 Å². The lowest BCUT2D eigenvalue weighted by Crippen LogP contribution is -2.27. The van der Waals surface area contributed by atoms with Crippen LogP contribution in [0, 0.1) is 0 Å². The number of nitrogens with zero attached hydrogens (tertiary/aromatic N) is 2. The molecule has 0 radical (unpaired) electrons. The third-order valence-electron chi connectivity index (χ3n) is 5.24. The molecule has 0 aromatic heterocycles. The highest BCUT2D eigenvalue weighted by Crippen LogP contribution is 2.40. The number of hydrogen-bond acceptors (Lipinski definition) is 6. The van der Waals surface area contributed by atoms with Gasteiger partial charge in [-0.1, -0.05) is 48.5 Å². The predicted molar refractivity (Wildman–Crippen MR) is 132 cm³/mol. The minimum Gasteiger partial charge on any atom is -0.494 e. The van der Waals surface area contributed by atoms with Gasteiger partial charge in [0.05, 0.1) is 29.5 Å². The van der Waals surface area contributed by atoms with Crippen molar-refractivity contribution in [2.75, 3.05) is 17.6 Å². The fraction of sp³-hybridized carbons (Fsp3) is 0.208. The van der Waals surface area contributed by atoms with Gasteiger partial charge in [-0.3, -0.25) is 4.72 Å². The molecule has 1 N–H and O–H groups in total. The van der Waals surface area contributed by atoms with Gasteiger partial charge < -0.3 is 4.74 Å². The van der Waals surface area contributed by atoms with Crippen molar-refractivity contribution >= 4 is 31.4 Å². The highest BCUT2D eigenvalue weighted by Gasteiger charge is 2.39. The van der Waals surface area contributed by atoms with Crippen LogP contribution in [0.1, 0.15) is 30.5 Å². The number of rotatable bonds is 8. The molecule has 1 atom stereocenters. The Hall–Kier alpha value is -3.37. The van der Waals surface area contributed by atoms with E-state index in [1.807, 2.05) is 25.1 Å². The smallest absolute Gasteiger partial charge is 0.279 e. The second-order valence-electron chi connectivity index (χ2n) is 7.78. The number of benzene rings is 3. The number of anilines is 1. The highest BCUT2D eigenvalue weighted by atomic mass is 32.2. The summed E-state index contributed by atoms with van der Waals surface area (Å²) in [5, 5.41) is 4.53. The lowest BCUT2D eigenvalue weighted by atomic mass is 9.98. The summed E-state index contributed by atoms with van der Waals surface area (Å²) < 4.78 is 59.9. The zero-order valence-corrected chi connectivity index (χ0v) is 20.4. The first-order chi connectivity index (χ1) is 16.2. The van der Waals surface area contributed by atoms with Crippen LogP contribution < -0.4 is 9.46 Å². The van der Waals surface area contributed by atoms with Crippen molar-refractivity contribution in [3.8, 4) is 5.75 Å². The summed E-state index contributed by atoms with van der Waals surface area (Å²) in [7, 11) is -7.43. The average molecular weight is 500 g/mol. The summed E-state index contributed by atoms with van der Waals surface area (Å²) >= 11 is 0. The van der Waals surface area contributed by atoms with Crippen molar-refractivity contribution in [2.24, 2.45) is 5.10 Å². The first-order valence-corrected chi connectivity index (χ1v) is 14.0.